The maximum absolute atomic E-state index is 13.0. The molecule has 1 atom stereocenters. The summed E-state index contributed by atoms with van der Waals surface area (Å²) in [5.41, 5.74) is 2.87. The topological polar surface area (TPSA) is 80.5 Å². The number of nitrogens with one attached hydrogen (secondary N) is 2. The maximum atomic E-state index is 13.0. The molecule has 1 aromatic heterocycles. The van der Waals surface area contributed by atoms with Crippen molar-refractivity contribution in [2.24, 2.45) is 4.99 Å². The monoisotopic (exact) mass is 403 g/mol. The van der Waals surface area contributed by atoms with Crippen LogP contribution in [-0.4, -0.2) is 42.8 Å². The van der Waals surface area contributed by atoms with Crippen molar-refractivity contribution < 1.29 is 4.79 Å². The number of amides is 1. The van der Waals surface area contributed by atoms with Crippen LogP contribution in [0.4, 0.5) is 16.4 Å². The molecule has 1 unspecified atom stereocenters. The first-order valence-electron chi connectivity index (χ1n) is 9.46. The minimum absolute atomic E-state index is 0.125. The number of quaternary nitrogens is 1. The van der Waals surface area contributed by atoms with Gasteiger partial charge in [0.05, 0.1) is 5.00 Å². The molecule has 0 bridgehead atoms. The summed E-state index contributed by atoms with van der Waals surface area (Å²) in [5.74, 6) is 0.415. The zero-order valence-corrected chi connectivity index (χ0v) is 16.4. The number of anilines is 2. The molecule has 3 aliphatic rings. The third kappa shape index (κ3) is 2.87. The highest BCUT2D eigenvalue weighted by Crippen LogP contribution is 2.44. The molecule has 1 amide bonds. The van der Waals surface area contributed by atoms with E-state index in [-0.39, 0.29) is 10.4 Å². The SMILES string of the molecule is N#C[N+]12C=C(C(=O)N3CCNCC3)N=C1C=Cc1cccc(Nc3cccs3)c12. The summed E-state index contributed by atoms with van der Waals surface area (Å²) in [6.07, 6.45) is 7.87. The van der Waals surface area contributed by atoms with E-state index in [2.05, 4.69) is 21.8 Å². The highest BCUT2D eigenvalue weighted by atomic mass is 32.1. The van der Waals surface area contributed by atoms with Gasteiger partial charge in [0.1, 0.15) is 5.69 Å². The largest absolute Gasteiger partial charge is 0.342 e. The Bertz CT molecular complexity index is 1100. The third-order valence-corrected chi connectivity index (χ3v) is 6.09. The van der Waals surface area contributed by atoms with E-state index in [0.717, 1.165) is 35.0 Å². The van der Waals surface area contributed by atoms with Gasteiger partial charge in [-0.2, -0.15) is 4.99 Å². The van der Waals surface area contributed by atoms with E-state index in [1.54, 1.807) is 22.4 Å². The molecule has 1 saturated heterocycles. The maximum Gasteiger partial charge on any atom is 0.326 e. The first kappa shape index (κ1) is 17.8. The van der Waals surface area contributed by atoms with Crippen molar-refractivity contribution in [2.45, 2.75) is 0 Å². The minimum Gasteiger partial charge on any atom is -0.342 e. The second-order valence-electron chi connectivity index (χ2n) is 7.03. The first-order valence-corrected chi connectivity index (χ1v) is 10.3. The molecule has 3 aliphatic heterocycles. The summed E-state index contributed by atoms with van der Waals surface area (Å²) in [7, 11) is 0. The van der Waals surface area contributed by atoms with Gasteiger partial charge in [-0.3, -0.25) is 4.79 Å². The predicted octanol–water partition coefficient (Wildman–Crippen LogP) is 2.99. The molecular weight excluding hydrogens is 384 g/mol. The highest BCUT2D eigenvalue weighted by Gasteiger charge is 2.47. The van der Waals surface area contributed by atoms with E-state index in [0.29, 0.717) is 24.6 Å². The Morgan fingerprint density at radius 3 is 2.86 bits per heavy atom. The Morgan fingerprint density at radius 1 is 1.24 bits per heavy atom. The van der Waals surface area contributed by atoms with Gasteiger partial charge in [-0.1, -0.05) is 6.07 Å². The Labute approximate surface area is 172 Å². The van der Waals surface area contributed by atoms with Gasteiger partial charge in [-0.15, -0.1) is 21.1 Å². The summed E-state index contributed by atoms with van der Waals surface area (Å²) >= 11 is 1.59. The quantitative estimate of drug-likeness (QED) is 0.610. The molecule has 7 nitrogen and oxygen atoms in total. The Morgan fingerprint density at radius 2 is 2.10 bits per heavy atom. The lowest BCUT2D eigenvalue weighted by atomic mass is 10.0. The van der Waals surface area contributed by atoms with Crippen molar-refractivity contribution in [3.63, 3.8) is 0 Å². The van der Waals surface area contributed by atoms with E-state index in [4.69, 9.17) is 0 Å². The number of amidine groups is 1. The highest BCUT2D eigenvalue weighted by molar-refractivity contribution is 7.14. The van der Waals surface area contributed by atoms with E-state index >= 15 is 0 Å². The van der Waals surface area contributed by atoms with Crippen LogP contribution in [0, 0.1) is 11.5 Å². The standard InChI is InChI=1S/C21H19N6OS/c22-14-27-13-17(21(28)26-10-8-23-9-11-26)24-18(27)7-6-15-3-1-4-16(20(15)27)25-19-5-2-12-29-19/h1-7,12-13,23,25H,8-11H2/q+1. The minimum atomic E-state index is -0.229. The Balaban J connectivity index is 1.59. The van der Waals surface area contributed by atoms with Crippen LogP contribution in [0.3, 0.4) is 0 Å². The van der Waals surface area contributed by atoms with Gasteiger partial charge in [-0.05, 0) is 35.7 Å². The average molecular weight is 403 g/mol. The van der Waals surface area contributed by atoms with E-state index in [1.807, 2.05) is 47.9 Å². The number of rotatable bonds is 3. The first-order chi connectivity index (χ1) is 14.2. The van der Waals surface area contributed by atoms with Gasteiger partial charge in [-0.25, -0.2) is 0 Å². The molecule has 5 rings (SSSR count). The molecule has 2 N–H and O–H groups in total. The second-order valence-corrected chi connectivity index (χ2v) is 7.98. The van der Waals surface area contributed by atoms with Crippen molar-refractivity contribution in [2.75, 3.05) is 31.5 Å². The number of nitriles is 1. The Hall–Kier alpha value is -3.25. The molecule has 4 heterocycles. The number of nitrogens with zero attached hydrogens (tertiary/aromatic N) is 4. The second kappa shape index (κ2) is 6.97. The van der Waals surface area contributed by atoms with Gasteiger partial charge in [0.15, 0.2) is 17.6 Å². The zero-order chi connectivity index (χ0) is 19.8. The van der Waals surface area contributed by atoms with Gasteiger partial charge in [0.25, 0.3) is 11.7 Å². The number of carbonyl (C=O) groups is 1. The molecule has 1 fully saturated rings. The number of fused-ring (bicyclic) bond motifs is 3. The fraction of sp³-hybridized carbons (Fsp3) is 0.190. The van der Waals surface area contributed by atoms with Crippen LogP contribution in [0.2, 0.25) is 0 Å². The van der Waals surface area contributed by atoms with Crippen LogP contribution >= 0.6 is 11.3 Å². The van der Waals surface area contributed by atoms with E-state index in [1.165, 1.54) is 0 Å². The molecular formula is C21H19N6OS+. The summed E-state index contributed by atoms with van der Waals surface area (Å²) in [6, 6.07) is 9.86. The Kier molecular flexibility index (Phi) is 4.28. The predicted molar refractivity (Wildman–Crippen MR) is 115 cm³/mol. The lowest BCUT2D eigenvalue weighted by Crippen LogP contribution is -2.47. The number of piperazine rings is 1. The van der Waals surface area contributed by atoms with Gasteiger partial charge in [0.2, 0.25) is 0 Å². The summed E-state index contributed by atoms with van der Waals surface area (Å²) in [5, 5.41) is 19.9. The molecule has 8 heteroatoms. The van der Waals surface area contributed by atoms with Crippen molar-refractivity contribution in [3.8, 4) is 6.19 Å². The van der Waals surface area contributed by atoms with Crippen molar-refractivity contribution >= 4 is 45.5 Å². The normalized spacial score (nSPS) is 22.2. The number of hydrogen-bond donors (Lipinski definition) is 2. The third-order valence-electron chi connectivity index (χ3n) is 5.30. The molecule has 29 heavy (non-hydrogen) atoms. The number of carbonyl (C=O) groups excluding carboxylic acids is 1. The number of aliphatic imine (C=N–C) groups is 1. The number of benzene rings is 1. The van der Waals surface area contributed by atoms with Gasteiger partial charge in [0, 0.05) is 37.8 Å². The lowest BCUT2D eigenvalue weighted by Gasteiger charge is -2.28. The zero-order valence-electron chi connectivity index (χ0n) is 15.6. The summed E-state index contributed by atoms with van der Waals surface area (Å²) < 4.78 is -0.229. The summed E-state index contributed by atoms with van der Waals surface area (Å²) in [6.45, 7) is 2.83. The molecule has 0 aliphatic carbocycles. The number of para-hydroxylation sites is 1. The number of thiophene rings is 1. The van der Waals surface area contributed by atoms with Crippen LogP contribution in [0.5, 0.6) is 0 Å². The van der Waals surface area contributed by atoms with Crippen LogP contribution in [0.15, 0.2) is 58.7 Å². The van der Waals surface area contributed by atoms with Crippen LogP contribution in [-0.2, 0) is 4.79 Å². The molecule has 1 aromatic carbocycles. The van der Waals surface area contributed by atoms with Crippen molar-refractivity contribution in [3.05, 3.63) is 59.2 Å². The summed E-state index contributed by atoms with van der Waals surface area (Å²) in [4.78, 5) is 19.4. The van der Waals surface area contributed by atoms with Crippen molar-refractivity contribution in [1.82, 2.24) is 14.7 Å². The van der Waals surface area contributed by atoms with Crippen LogP contribution in [0.25, 0.3) is 6.08 Å². The average Bonchev–Trinajstić information content (AvgIpc) is 3.41. The van der Waals surface area contributed by atoms with Gasteiger partial charge >= 0.3 is 6.19 Å². The fourth-order valence-electron chi connectivity index (χ4n) is 3.91. The molecule has 0 saturated carbocycles. The fourth-order valence-corrected chi connectivity index (χ4v) is 4.54. The molecule has 2 aromatic rings. The number of hydrogen-bond acceptors (Lipinski definition) is 6. The molecule has 144 valence electrons. The van der Waals surface area contributed by atoms with Crippen LogP contribution < -0.4 is 15.1 Å². The van der Waals surface area contributed by atoms with Gasteiger partial charge < -0.3 is 15.5 Å². The smallest absolute Gasteiger partial charge is 0.326 e. The van der Waals surface area contributed by atoms with Crippen molar-refractivity contribution in [1.29, 1.82) is 5.26 Å². The molecule has 0 radical (unpaired) electrons. The van der Waals surface area contributed by atoms with E-state index in [9.17, 15) is 10.1 Å². The van der Waals surface area contributed by atoms with E-state index < -0.39 is 0 Å². The lowest BCUT2D eigenvalue weighted by molar-refractivity contribution is -0.127. The molecule has 0 spiro atoms. The van der Waals surface area contributed by atoms with Crippen LogP contribution in [0.1, 0.15) is 5.56 Å².